The van der Waals surface area contributed by atoms with E-state index in [1.54, 1.807) is 5.32 Å². The molecule has 0 spiro atoms. The highest BCUT2D eigenvalue weighted by atomic mass is 16.6. The van der Waals surface area contributed by atoms with Crippen molar-refractivity contribution in [1.29, 1.82) is 0 Å². The molecular formula is C9H10N2O5. The lowest BCUT2D eigenvalue weighted by Crippen LogP contribution is -2.42. The van der Waals surface area contributed by atoms with Crippen LogP contribution in [0.4, 0.5) is 4.79 Å². The first-order chi connectivity index (χ1) is 7.50. The summed E-state index contributed by atoms with van der Waals surface area (Å²) in [7, 11) is 0. The molecule has 1 unspecified atom stereocenters. The normalized spacial score (nSPS) is 11.6. The number of ether oxygens (including phenoxy) is 1. The van der Waals surface area contributed by atoms with Gasteiger partial charge >= 0.3 is 12.0 Å². The quantitative estimate of drug-likeness (QED) is 0.705. The van der Waals surface area contributed by atoms with Gasteiger partial charge in [0, 0.05) is 0 Å². The average Bonchev–Trinajstić information content (AvgIpc) is 2.68. The van der Waals surface area contributed by atoms with Crippen LogP contribution in [0.15, 0.2) is 22.8 Å². The van der Waals surface area contributed by atoms with Crippen molar-refractivity contribution < 1.29 is 23.5 Å². The highest BCUT2D eigenvalue weighted by Crippen LogP contribution is 2.04. The van der Waals surface area contributed by atoms with Crippen molar-refractivity contribution in [3.05, 3.63) is 24.2 Å². The number of urea groups is 1. The summed E-state index contributed by atoms with van der Waals surface area (Å²) in [4.78, 5) is 32.8. The van der Waals surface area contributed by atoms with Gasteiger partial charge in [0.05, 0.1) is 6.26 Å². The van der Waals surface area contributed by atoms with Gasteiger partial charge in [-0.2, -0.15) is 0 Å². The number of imide groups is 1. The SMILES string of the molecule is CC(OC(=O)c1ccco1)C(=O)NC(N)=O. The highest BCUT2D eigenvalue weighted by molar-refractivity contribution is 5.97. The topological polar surface area (TPSA) is 112 Å². The summed E-state index contributed by atoms with van der Waals surface area (Å²) in [6.07, 6.45) is 0.162. The van der Waals surface area contributed by atoms with Crippen molar-refractivity contribution in [2.45, 2.75) is 13.0 Å². The molecule has 1 atom stereocenters. The van der Waals surface area contributed by atoms with E-state index in [1.807, 2.05) is 0 Å². The van der Waals surface area contributed by atoms with Crippen molar-refractivity contribution in [1.82, 2.24) is 5.32 Å². The van der Waals surface area contributed by atoms with E-state index >= 15 is 0 Å². The third-order valence-corrected chi connectivity index (χ3v) is 1.62. The molecule has 1 aromatic rings. The van der Waals surface area contributed by atoms with E-state index in [4.69, 9.17) is 14.9 Å². The first kappa shape index (κ1) is 11.8. The van der Waals surface area contributed by atoms with E-state index in [1.165, 1.54) is 25.3 Å². The van der Waals surface area contributed by atoms with Crippen molar-refractivity contribution in [2.75, 3.05) is 0 Å². The molecule has 3 amide bonds. The Bertz CT molecular complexity index is 398. The van der Waals surface area contributed by atoms with Crippen molar-refractivity contribution in [3.63, 3.8) is 0 Å². The largest absolute Gasteiger partial charge is 0.457 e. The maximum atomic E-state index is 11.3. The van der Waals surface area contributed by atoms with E-state index in [-0.39, 0.29) is 5.76 Å². The average molecular weight is 226 g/mol. The summed E-state index contributed by atoms with van der Waals surface area (Å²) in [6, 6.07) is 1.89. The number of carbonyl (C=O) groups is 3. The van der Waals surface area contributed by atoms with Crippen LogP contribution in [-0.4, -0.2) is 24.0 Å². The summed E-state index contributed by atoms with van der Waals surface area (Å²) in [5, 5.41) is 1.79. The molecule has 7 nitrogen and oxygen atoms in total. The zero-order valence-electron chi connectivity index (χ0n) is 8.43. The van der Waals surface area contributed by atoms with Crippen LogP contribution in [0.1, 0.15) is 17.5 Å². The highest BCUT2D eigenvalue weighted by Gasteiger charge is 2.21. The van der Waals surface area contributed by atoms with Crippen LogP contribution >= 0.6 is 0 Å². The number of amides is 3. The second-order valence-electron chi connectivity index (χ2n) is 2.88. The van der Waals surface area contributed by atoms with E-state index in [0.717, 1.165) is 0 Å². The smallest absolute Gasteiger partial charge is 0.374 e. The fourth-order valence-electron chi connectivity index (χ4n) is 0.890. The molecule has 0 saturated carbocycles. The number of nitrogens with one attached hydrogen (secondary N) is 1. The number of furan rings is 1. The zero-order valence-corrected chi connectivity index (χ0v) is 8.43. The first-order valence-corrected chi connectivity index (χ1v) is 4.35. The lowest BCUT2D eigenvalue weighted by atomic mass is 10.3. The minimum Gasteiger partial charge on any atom is -0.457 e. The Balaban J connectivity index is 2.51. The van der Waals surface area contributed by atoms with Gasteiger partial charge in [-0.3, -0.25) is 10.1 Å². The third kappa shape index (κ3) is 3.12. The second kappa shape index (κ2) is 4.96. The third-order valence-electron chi connectivity index (χ3n) is 1.62. The fraction of sp³-hybridized carbons (Fsp3) is 0.222. The minimum absolute atomic E-state index is 0.0290. The minimum atomic E-state index is -1.13. The molecular weight excluding hydrogens is 216 g/mol. The molecule has 0 aromatic carbocycles. The molecule has 16 heavy (non-hydrogen) atoms. The Morgan fingerprint density at radius 1 is 1.50 bits per heavy atom. The molecule has 0 bridgehead atoms. The van der Waals surface area contributed by atoms with Crippen LogP contribution in [0.5, 0.6) is 0 Å². The number of esters is 1. The number of rotatable bonds is 3. The van der Waals surface area contributed by atoms with Crippen LogP contribution in [0.25, 0.3) is 0 Å². The molecule has 1 aromatic heterocycles. The van der Waals surface area contributed by atoms with E-state index in [9.17, 15) is 14.4 Å². The van der Waals surface area contributed by atoms with Gasteiger partial charge in [0.15, 0.2) is 6.10 Å². The van der Waals surface area contributed by atoms with Crippen molar-refractivity contribution in [2.24, 2.45) is 5.73 Å². The Morgan fingerprint density at radius 3 is 2.69 bits per heavy atom. The monoisotopic (exact) mass is 226 g/mol. The first-order valence-electron chi connectivity index (χ1n) is 4.35. The summed E-state index contributed by atoms with van der Waals surface area (Å²) in [6.45, 7) is 1.30. The molecule has 0 fully saturated rings. The summed E-state index contributed by atoms with van der Waals surface area (Å²) in [5.41, 5.74) is 4.73. The van der Waals surface area contributed by atoms with Crippen LogP contribution in [0.3, 0.4) is 0 Å². The zero-order chi connectivity index (χ0) is 12.1. The molecule has 1 heterocycles. The van der Waals surface area contributed by atoms with E-state index < -0.39 is 24.0 Å². The Hall–Kier alpha value is -2.31. The van der Waals surface area contributed by atoms with Crippen molar-refractivity contribution >= 4 is 17.9 Å². The van der Waals surface area contributed by atoms with Gasteiger partial charge in [-0.1, -0.05) is 0 Å². The molecule has 0 saturated heterocycles. The van der Waals surface area contributed by atoms with Gasteiger partial charge in [0.25, 0.3) is 5.91 Å². The Morgan fingerprint density at radius 2 is 2.19 bits per heavy atom. The lowest BCUT2D eigenvalue weighted by Gasteiger charge is -2.10. The number of nitrogens with two attached hydrogens (primary N) is 1. The van der Waals surface area contributed by atoms with Crippen LogP contribution < -0.4 is 11.1 Å². The van der Waals surface area contributed by atoms with Crippen molar-refractivity contribution in [3.8, 4) is 0 Å². The standard InChI is InChI=1S/C9H10N2O5/c1-5(7(12)11-9(10)14)16-8(13)6-3-2-4-15-6/h2-5H,1H3,(H3,10,11,12,14). The number of carbonyl (C=O) groups excluding carboxylic acids is 3. The molecule has 0 aliphatic heterocycles. The predicted molar refractivity (Wildman–Crippen MR) is 51.3 cm³/mol. The maximum absolute atomic E-state index is 11.3. The molecule has 1 rings (SSSR count). The van der Waals surface area contributed by atoms with Gasteiger partial charge < -0.3 is 14.9 Å². The summed E-state index contributed by atoms with van der Waals surface area (Å²) >= 11 is 0. The number of hydrogen-bond donors (Lipinski definition) is 2. The van der Waals surface area contributed by atoms with Crippen LogP contribution in [0, 0.1) is 0 Å². The lowest BCUT2D eigenvalue weighted by molar-refractivity contribution is -0.127. The Kier molecular flexibility index (Phi) is 3.65. The van der Waals surface area contributed by atoms with Gasteiger partial charge in [-0.05, 0) is 19.1 Å². The van der Waals surface area contributed by atoms with E-state index in [2.05, 4.69) is 0 Å². The number of hydrogen-bond acceptors (Lipinski definition) is 5. The van der Waals surface area contributed by atoms with Gasteiger partial charge in [0.1, 0.15) is 0 Å². The predicted octanol–water partition coefficient (Wildman–Crippen LogP) is 0.0198. The van der Waals surface area contributed by atoms with Crippen LogP contribution in [0.2, 0.25) is 0 Å². The van der Waals surface area contributed by atoms with Crippen LogP contribution in [-0.2, 0) is 9.53 Å². The second-order valence-corrected chi connectivity index (χ2v) is 2.88. The summed E-state index contributed by atoms with van der Waals surface area (Å²) in [5.74, 6) is -1.62. The maximum Gasteiger partial charge on any atom is 0.374 e. The molecule has 0 aliphatic carbocycles. The molecule has 3 N–H and O–H groups in total. The molecule has 7 heteroatoms. The molecule has 86 valence electrons. The summed E-state index contributed by atoms with van der Waals surface area (Å²) < 4.78 is 9.46. The van der Waals surface area contributed by atoms with Gasteiger partial charge in [-0.25, -0.2) is 9.59 Å². The van der Waals surface area contributed by atoms with E-state index in [0.29, 0.717) is 0 Å². The fourth-order valence-corrected chi connectivity index (χ4v) is 0.890. The van der Waals surface area contributed by atoms with Gasteiger partial charge in [-0.15, -0.1) is 0 Å². The molecule has 0 radical (unpaired) electrons. The Labute approximate surface area is 90.5 Å². The number of primary amides is 1. The molecule has 0 aliphatic rings. The van der Waals surface area contributed by atoms with Gasteiger partial charge in [0.2, 0.25) is 5.76 Å².